The first kappa shape index (κ1) is 9.18. The highest BCUT2D eigenvalue weighted by atomic mass is 14.7. The molecule has 0 saturated carbocycles. The van der Waals surface area contributed by atoms with Crippen LogP contribution in [-0.4, -0.2) is 14.1 Å². The average Bonchev–Trinajstić information content (AvgIpc) is 1.91. The van der Waals surface area contributed by atoms with Crippen molar-refractivity contribution >= 4 is 0 Å². The largest absolute Gasteiger partial charge is 0.323 e. The Labute approximate surface area is 64.6 Å². The maximum Gasteiger partial charge on any atom is 0 e. The molecule has 0 heterocycles. The van der Waals surface area contributed by atoms with Crippen molar-refractivity contribution < 1.29 is 1.43 Å². The van der Waals surface area contributed by atoms with Crippen molar-refractivity contribution in [1.29, 1.82) is 0 Å². The molecule has 0 aromatic heterocycles. The van der Waals surface area contributed by atoms with Gasteiger partial charge in [0.25, 0.3) is 0 Å². The summed E-state index contributed by atoms with van der Waals surface area (Å²) in [6, 6.07) is 10.3. The van der Waals surface area contributed by atoms with Crippen LogP contribution >= 0.6 is 0 Å². The van der Waals surface area contributed by atoms with E-state index in [0.29, 0.717) is 0 Å². The van der Waals surface area contributed by atoms with Crippen LogP contribution in [0.4, 0.5) is 0 Å². The highest BCUT2D eigenvalue weighted by Gasteiger charge is 1.72. The Kier molecular flexibility index (Phi) is 5.79. The zero-order valence-electron chi connectivity index (χ0n) is 6.89. The van der Waals surface area contributed by atoms with Crippen molar-refractivity contribution in [3.63, 3.8) is 0 Å². The third kappa shape index (κ3) is 5.32. The summed E-state index contributed by atoms with van der Waals surface area (Å²) in [6.07, 6.45) is 0. The van der Waals surface area contributed by atoms with Gasteiger partial charge in [0.15, 0.2) is 0 Å². The van der Waals surface area contributed by atoms with E-state index in [1.165, 1.54) is 5.56 Å². The first-order chi connectivity index (χ1) is 4.81. The molecular formula is C9H17N. The molecule has 1 aromatic carbocycles. The van der Waals surface area contributed by atoms with E-state index in [-0.39, 0.29) is 1.43 Å². The number of rotatable bonds is 0. The van der Waals surface area contributed by atoms with Crippen LogP contribution in [0.25, 0.3) is 0 Å². The Bertz CT molecular complexity index is 151. The van der Waals surface area contributed by atoms with Gasteiger partial charge < -0.3 is 5.32 Å². The van der Waals surface area contributed by atoms with Crippen molar-refractivity contribution in [2.75, 3.05) is 14.1 Å². The van der Waals surface area contributed by atoms with Gasteiger partial charge in [-0.2, -0.15) is 0 Å². The minimum Gasteiger partial charge on any atom is -0.323 e. The molecule has 1 aromatic rings. The van der Waals surface area contributed by atoms with Gasteiger partial charge in [0.2, 0.25) is 0 Å². The Morgan fingerprint density at radius 1 is 1.10 bits per heavy atom. The zero-order chi connectivity index (χ0) is 7.82. The highest BCUT2D eigenvalue weighted by Crippen LogP contribution is 1.92. The van der Waals surface area contributed by atoms with Crippen molar-refractivity contribution in [3.8, 4) is 0 Å². The van der Waals surface area contributed by atoms with Crippen molar-refractivity contribution in [1.82, 2.24) is 5.32 Å². The van der Waals surface area contributed by atoms with Gasteiger partial charge in [-0.05, 0) is 21.0 Å². The molecule has 0 atom stereocenters. The number of hydrogen-bond acceptors (Lipinski definition) is 1. The predicted molar refractivity (Wildman–Crippen MR) is 48.3 cm³/mol. The topological polar surface area (TPSA) is 12.0 Å². The Balaban J connectivity index is 0. The SMILES string of the molecule is CNC.Cc1ccccc1.[HH]. The normalized spacial score (nSPS) is 7.90. The third-order valence-electron chi connectivity index (χ3n) is 0.940. The van der Waals surface area contributed by atoms with Crippen LogP contribution in [0.3, 0.4) is 0 Å². The fourth-order valence-corrected chi connectivity index (χ4v) is 0.534. The maximum absolute atomic E-state index is 2.75. The van der Waals surface area contributed by atoms with E-state index in [1.54, 1.807) is 0 Å². The lowest BCUT2D eigenvalue weighted by Gasteiger charge is -1.82. The van der Waals surface area contributed by atoms with Gasteiger partial charge in [-0.25, -0.2) is 0 Å². The lowest BCUT2D eigenvalue weighted by molar-refractivity contribution is 1.02. The van der Waals surface area contributed by atoms with Gasteiger partial charge >= 0.3 is 0 Å². The minimum atomic E-state index is 0. The highest BCUT2D eigenvalue weighted by molar-refractivity contribution is 5.11. The summed E-state index contributed by atoms with van der Waals surface area (Å²) >= 11 is 0. The molecule has 0 radical (unpaired) electrons. The quantitative estimate of drug-likeness (QED) is 0.580. The standard InChI is InChI=1S/C7H8.C2H7N.H2/c1-7-5-3-2-4-6-7;1-3-2;/h2-6H,1H3;3H,1-2H3;1H. The molecule has 10 heavy (non-hydrogen) atoms. The van der Waals surface area contributed by atoms with Gasteiger partial charge in [-0.1, -0.05) is 35.9 Å². The third-order valence-corrected chi connectivity index (χ3v) is 0.940. The predicted octanol–water partition coefficient (Wildman–Crippen LogP) is 2.08. The molecular weight excluding hydrogens is 122 g/mol. The Morgan fingerprint density at radius 2 is 1.50 bits per heavy atom. The molecule has 1 nitrogen and oxygen atoms in total. The molecule has 1 N–H and O–H groups in total. The van der Waals surface area contributed by atoms with Gasteiger partial charge in [-0.3, -0.25) is 0 Å². The van der Waals surface area contributed by atoms with Gasteiger partial charge in [-0.15, -0.1) is 0 Å². The van der Waals surface area contributed by atoms with E-state index in [2.05, 4.69) is 24.4 Å². The second kappa shape index (κ2) is 6.30. The van der Waals surface area contributed by atoms with Crippen LogP contribution in [-0.2, 0) is 0 Å². The van der Waals surface area contributed by atoms with Crippen LogP contribution in [0, 0.1) is 6.92 Å². The summed E-state index contributed by atoms with van der Waals surface area (Å²) < 4.78 is 0. The Hall–Kier alpha value is -0.820. The maximum atomic E-state index is 2.75. The molecule has 0 saturated heterocycles. The van der Waals surface area contributed by atoms with E-state index in [0.717, 1.165) is 0 Å². The monoisotopic (exact) mass is 139 g/mol. The molecule has 58 valence electrons. The van der Waals surface area contributed by atoms with Crippen molar-refractivity contribution in [2.24, 2.45) is 0 Å². The summed E-state index contributed by atoms with van der Waals surface area (Å²) in [4.78, 5) is 0. The average molecular weight is 139 g/mol. The first-order valence-corrected chi connectivity index (χ1v) is 3.41. The molecule has 0 unspecified atom stereocenters. The molecule has 0 bridgehead atoms. The van der Waals surface area contributed by atoms with Crippen LogP contribution in [0.15, 0.2) is 30.3 Å². The summed E-state index contributed by atoms with van der Waals surface area (Å²) in [5.74, 6) is 0. The van der Waals surface area contributed by atoms with Crippen LogP contribution in [0.5, 0.6) is 0 Å². The van der Waals surface area contributed by atoms with Gasteiger partial charge in [0, 0.05) is 1.43 Å². The summed E-state index contributed by atoms with van der Waals surface area (Å²) in [6.45, 7) is 2.08. The molecule has 0 fully saturated rings. The summed E-state index contributed by atoms with van der Waals surface area (Å²) in [5.41, 5.74) is 1.32. The molecule has 0 spiro atoms. The Morgan fingerprint density at radius 3 is 1.70 bits per heavy atom. The number of nitrogens with one attached hydrogen (secondary N) is 1. The fraction of sp³-hybridized carbons (Fsp3) is 0.333. The lowest BCUT2D eigenvalue weighted by atomic mass is 10.2. The lowest BCUT2D eigenvalue weighted by Crippen LogP contribution is -1.89. The number of aryl methyl sites for hydroxylation is 1. The van der Waals surface area contributed by atoms with E-state index < -0.39 is 0 Å². The van der Waals surface area contributed by atoms with Crippen LogP contribution in [0.2, 0.25) is 0 Å². The molecule has 0 aliphatic rings. The van der Waals surface area contributed by atoms with Crippen molar-refractivity contribution in [2.45, 2.75) is 6.92 Å². The smallest absolute Gasteiger partial charge is 0 e. The molecule has 0 aliphatic heterocycles. The second-order valence-electron chi connectivity index (χ2n) is 2.15. The molecule has 0 aliphatic carbocycles. The summed E-state index contributed by atoms with van der Waals surface area (Å²) in [7, 11) is 3.75. The van der Waals surface area contributed by atoms with E-state index in [9.17, 15) is 0 Å². The first-order valence-electron chi connectivity index (χ1n) is 3.41. The molecule has 0 amide bonds. The van der Waals surface area contributed by atoms with E-state index in [4.69, 9.17) is 0 Å². The summed E-state index contributed by atoms with van der Waals surface area (Å²) in [5, 5.41) is 2.75. The van der Waals surface area contributed by atoms with Crippen molar-refractivity contribution in [3.05, 3.63) is 35.9 Å². The van der Waals surface area contributed by atoms with Crippen LogP contribution < -0.4 is 5.32 Å². The fourth-order valence-electron chi connectivity index (χ4n) is 0.534. The second-order valence-corrected chi connectivity index (χ2v) is 2.15. The molecule has 1 rings (SSSR count). The van der Waals surface area contributed by atoms with Gasteiger partial charge in [0.1, 0.15) is 0 Å². The van der Waals surface area contributed by atoms with E-state index >= 15 is 0 Å². The number of hydrogen-bond donors (Lipinski definition) is 1. The minimum absolute atomic E-state index is 0. The zero-order valence-corrected chi connectivity index (χ0v) is 6.89. The van der Waals surface area contributed by atoms with Gasteiger partial charge in [0.05, 0.1) is 0 Å². The number of benzene rings is 1. The molecule has 1 heteroatoms. The van der Waals surface area contributed by atoms with Crippen LogP contribution in [0.1, 0.15) is 6.99 Å². The van der Waals surface area contributed by atoms with E-state index in [1.807, 2.05) is 32.3 Å².